The SMILES string of the molecule is CC(C)c1ccc(C(O)C2OCCc3ccccc32)cc1. The maximum absolute atomic E-state index is 10.7. The van der Waals surface area contributed by atoms with Crippen LogP contribution in [-0.4, -0.2) is 11.7 Å². The highest BCUT2D eigenvalue weighted by Crippen LogP contribution is 2.37. The molecule has 0 saturated carbocycles. The van der Waals surface area contributed by atoms with E-state index in [-0.39, 0.29) is 6.10 Å². The molecule has 1 aliphatic heterocycles. The second-order valence-corrected chi connectivity index (χ2v) is 6.01. The van der Waals surface area contributed by atoms with Crippen molar-refractivity contribution < 1.29 is 9.84 Å². The molecule has 2 aromatic rings. The molecular weight excluding hydrogens is 260 g/mol. The molecule has 3 rings (SSSR count). The summed E-state index contributed by atoms with van der Waals surface area (Å²) < 4.78 is 5.85. The normalized spacial score (nSPS) is 19.3. The molecule has 0 radical (unpaired) electrons. The summed E-state index contributed by atoms with van der Waals surface area (Å²) in [4.78, 5) is 0. The summed E-state index contributed by atoms with van der Waals surface area (Å²) in [5.74, 6) is 0.503. The fourth-order valence-electron chi connectivity index (χ4n) is 2.94. The average molecular weight is 282 g/mol. The van der Waals surface area contributed by atoms with Gasteiger partial charge < -0.3 is 9.84 Å². The van der Waals surface area contributed by atoms with E-state index in [2.05, 4.69) is 38.1 Å². The molecular formula is C19H22O2. The number of hydrogen-bond acceptors (Lipinski definition) is 2. The van der Waals surface area contributed by atoms with E-state index in [0.717, 1.165) is 17.5 Å². The predicted octanol–water partition coefficient (Wildman–Crippen LogP) is 4.16. The summed E-state index contributed by atoms with van der Waals surface area (Å²) in [6.45, 7) is 5.01. The molecule has 2 aromatic carbocycles. The van der Waals surface area contributed by atoms with E-state index >= 15 is 0 Å². The van der Waals surface area contributed by atoms with Gasteiger partial charge in [0.25, 0.3) is 0 Å². The first-order valence-electron chi connectivity index (χ1n) is 7.64. The lowest BCUT2D eigenvalue weighted by Crippen LogP contribution is -2.22. The van der Waals surface area contributed by atoms with Gasteiger partial charge >= 0.3 is 0 Å². The lowest BCUT2D eigenvalue weighted by Gasteiger charge is -2.30. The summed E-state index contributed by atoms with van der Waals surface area (Å²) >= 11 is 0. The first kappa shape index (κ1) is 14.3. The molecule has 110 valence electrons. The van der Waals surface area contributed by atoms with Gasteiger partial charge in [0.15, 0.2) is 0 Å². The number of aliphatic hydroxyl groups is 1. The molecule has 21 heavy (non-hydrogen) atoms. The zero-order chi connectivity index (χ0) is 14.8. The van der Waals surface area contributed by atoms with E-state index in [0.29, 0.717) is 12.5 Å². The van der Waals surface area contributed by atoms with Crippen molar-refractivity contribution in [2.45, 2.75) is 38.4 Å². The van der Waals surface area contributed by atoms with Crippen LogP contribution in [0, 0.1) is 0 Å². The molecule has 1 heterocycles. The molecule has 0 saturated heterocycles. The van der Waals surface area contributed by atoms with Crippen LogP contribution in [0.15, 0.2) is 48.5 Å². The monoisotopic (exact) mass is 282 g/mol. The van der Waals surface area contributed by atoms with Crippen LogP contribution in [0.3, 0.4) is 0 Å². The van der Waals surface area contributed by atoms with Gasteiger partial charge in [-0.3, -0.25) is 0 Å². The number of benzene rings is 2. The van der Waals surface area contributed by atoms with Crippen molar-refractivity contribution in [1.82, 2.24) is 0 Å². The van der Waals surface area contributed by atoms with Gasteiger partial charge in [-0.05, 0) is 34.6 Å². The van der Waals surface area contributed by atoms with Crippen LogP contribution in [0.4, 0.5) is 0 Å². The Bertz CT molecular complexity index is 601. The third kappa shape index (κ3) is 2.87. The second kappa shape index (κ2) is 6.00. The van der Waals surface area contributed by atoms with Gasteiger partial charge in [-0.1, -0.05) is 62.4 Å². The van der Waals surface area contributed by atoms with E-state index in [9.17, 15) is 5.11 Å². The summed E-state index contributed by atoms with van der Waals surface area (Å²) in [5.41, 5.74) is 4.60. The molecule has 2 atom stereocenters. The Balaban J connectivity index is 1.87. The first-order chi connectivity index (χ1) is 10.2. The second-order valence-electron chi connectivity index (χ2n) is 6.01. The summed E-state index contributed by atoms with van der Waals surface area (Å²) in [6, 6.07) is 16.5. The fourth-order valence-corrected chi connectivity index (χ4v) is 2.94. The Labute approximate surface area is 126 Å². The fraction of sp³-hybridized carbons (Fsp3) is 0.368. The Morgan fingerprint density at radius 3 is 2.38 bits per heavy atom. The maximum Gasteiger partial charge on any atom is 0.113 e. The minimum absolute atomic E-state index is 0.264. The van der Waals surface area contributed by atoms with Gasteiger partial charge in [0.2, 0.25) is 0 Å². The third-order valence-corrected chi connectivity index (χ3v) is 4.26. The van der Waals surface area contributed by atoms with Crippen molar-refractivity contribution in [3.05, 3.63) is 70.8 Å². The van der Waals surface area contributed by atoms with Crippen LogP contribution in [0.25, 0.3) is 0 Å². The van der Waals surface area contributed by atoms with Gasteiger partial charge in [-0.15, -0.1) is 0 Å². The van der Waals surface area contributed by atoms with Gasteiger partial charge in [-0.25, -0.2) is 0 Å². The summed E-state index contributed by atoms with van der Waals surface area (Å²) in [6.07, 6.45) is 0.0404. The quantitative estimate of drug-likeness (QED) is 0.916. The predicted molar refractivity (Wildman–Crippen MR) is 84.3 cm³/mol. The molecule has 1 aliphatic rings. The van der Waals surface area contributed by atoms with Gasteiger partial charge in [0, 0.05) is 0 Å². The van der Waals surface area contributed by atoms with Gasteiger partial charge in [0.1, 0.15) is 12.2 Å². The van der Waals surface area contributed by atoms with Crippen molar-refractivity contribution in [2.24, 2.45) is 0 Å². The van der Waals surface area contributed by atoms with Crippen LogP contribution >= 0.6 is 0 Å². The lowest BCUT2D eigenvalue weighted by atomic mass is 9.90. The maximum atomic E-state index is 10.7. The van der Waals surface area contributed by atoms with Crippen molar-refractivity contribution in [3.8, 4) is 0 Å². The molecule has 2 nitrogen and oxygen atoms in total. The van der Waals surface area contributed by atoms with E-state index in [1.54, 1.807) is 0 Å². The van der Waals surface area contributed by atoms with Crippen LogP contribution in [0.5, 0.6) is 0 Å². The van der Waals surface area contributed by atoms with Crippen LogP contribution in [0.1, 0.15) is 54.2 Å². The van der Waals surface area contributed by atoms with E-state index < -0.39 is 6.10 Å². The van der Waals surface area contributed by atoms with Crippen molar-refractivity contribution >= 4 is 0 Å². The molecule has 2 unspecified atom stereocenters. The van der Waals surface area contributed by atoms with Crippen molar-refractivity contribution in [2.75, 3.05) is 6.61 Å². The molecule has 0 bridgehead atoms. The number of ether oxygens (including phenoxy) is 1. The molecule has 0 amide bonds. The van der Waals surface area contributed by atoms with E-state index in [1.807, 2.05) is 24.3 Å². The Morgan fingerprint density at radius 2 is 1.67 bits per heavy atom. The third-order valence-electron chi connectivity index (χ3n) is 4.26. The lowest BCUT2D eigenvalue weighted by molar-refractivity contribution is -0.0483. The summed E-state index contributed by atoms with van der Waals surface area (Å²) in [5, 5.41) is 10.7. The Morgan fingerprint density at radius 1 is 1.00 bits per heavy atom. The minimum atomic E-state index is -0.618. The van der Waals surface area contributed by atoms with E-state index in [1.165, 1.54) is 11.1 Å². The number of hydrogen-bond donors (Lipinski definition) is 1. The van der Waals surface area contributed by atoms with Gasteiger partial charge in [-0.2, -0.15) is 0 Å². The Hall–Kier alpha value is -1.64. The standard InChI is InChI=1S/C19H22O2/c1-13(2)14-7-9-16(10-8-14)18(20)19-17-6-4-3-5-15(17)11-12-21-19/h3-10,13,18-20H,11-12H2,1-2H3. The zero-order valence-electron chi connectivity index (χ0n) is 12.6. The molecule has 1 N–H and O–H groups in total. The average Bonchev–Trinajstić information content (AvgIpc) is 2.53. The highest BCUT2D eigenvalue weighted by Gasteiger charge is 2.28. The Kier molecular flexibility index (Phi) is 4.09. The summed E-state index contributed by atoms with van der Waals surface area (Å²) in [7, 11) is 0. The molecule has 0 aliphatic carbocycles. The molecule has 0 spiro atoms. The highest BCUT2D eigenvalue weighted by atomic mass is 16.5. The smallest absolute Gasteiger partial charge is 0.113 e. The van der Waals surface area contributed by atoms with E-state index in [4.69, 9.17) is 4.74 Å². The topological polar surface area (TPSA) is 29.5 Å². The first-order valence-corrected chi connectivity index (χ1v) is 7.64. The van der Waals surface area contributed by atoms with Crippen LogP contribution in [-0.2, 0) is 11.2 Å². The number of rotatable bonds is 3. The molecule has 0 aromatic heterocycles. The molecule has 2 heteroatoms. The van der Waals surface area contributed by atoms with Crippen LogP contribution < -0.4 is 0 Å². The van der Waals surface area contributed by atoms with Crippen molar-refractivity contribution in [3.63, 3.8) is 0 Å². The largest absolute Gasteiger partial charge is 0.385 e. The zero-order valence-corrected chi connectivity index (χ0v) is 12.6. The van der Waals surface area contributed by atoms with Crippen molar-refractivity contribution in [1.29, 1.82) is 0 Å². The molecule has 0 fully saturated rings. The highest BCUT2D eigenvalue weighted by molar-refractivity contribution is 5.34. The van der Waals surface area contributed by atoms with Crippen LogP contribution in [0.2, 0.25) is 0 Å². The minimum Gasteiger partial charge on any atom is -0.385 e. The van der Waals surface area contributed by atoms with Gasteiger partial charge in [0.05, 0.1) is 6.61 Å². The number of aliphatic hydroxyl groups excluding tert-OH is 1. The number of fused-ring (bicyclic) bond motifs is 1.